The molecule has 0 spiro atoms. The lowest BCUT2D eigenvalue weighted by molar-refractivity contribution is -0.248. The molecule has 0 radical (unpaired) electrons. The van der Waals surface area contributed by atoms with E-state index in [1.807, 2.05) is 0 Å². The average molecular weight is 179 g/mol. The summed E-state index contributed by atoms with van der Waals surface area (Å²) in [5, 5.41) is 36.1. The predicted octanol–water partition coefficient (Wildman–Crippen LogP) is -3.25. The molecule has 0 amide bonds. The third-order valence-electron chi connectivity index (χ3n) is 1.95. The minimum absolute atomic E-state index is 0.470. The van der Waals surface area contributed by atoms with Gasteiger partial charge in [-0.2, -0.15) is 0 Å². The first-order chi connectivity index (χ1) is 5.57. The summed E-state index contributed by atoms with van der Waals surface area (Å²) in [5.41, 5.74) is 5.26. The second-order valence-electron chi connectivity index (χ2n) is 2.81. The van der Waals surface area contributed by atoms with E-state index in [4.69, 9.17) is 20.7 Å². The molecule has 5 atom stereocenters. The molecule has 12 heavy (non-hydrogen) atoms. The van der Waals surface area contributed by atoms with Gasteiger partial charge in [-0.15, -0.1) is 0 Å². The number of hydrogen-bond donors (Lipinski definition) is 5. The van der Waals surface area contributed by atoms with Crippen LogP contribution in [0.1, 0.15) is 0 Å². The molecule has 0 bridgehead atoms. The van der Waals surface area contributed by atoms with Crippen LogP contribution < -0.4 is 5.73 Å². The van der Waals surface area contributed by atoms with Gasteiger partial charge in [0.2, 0.25) is 0 Å². The molecule has 0 aromatic carbocycles. The van der Waals surface area contributed by atoms with Crippen molar-refractivity contribution in [2.75, 3.05) is 6.61 Å². The van der Waals surface area contributed by atoms with Crippen LogP contribution >= 0.6 is 0 Å². The number of nitrogens with two attached hydrogens (primary N) is 1. The molecular weight excluding hydrogens is 166 g/mol. The van der Waals surface area contributed by atoms with Gasteiger partial charge in [0, 0.05) is 0 Å². The van der Waals surface area contributed by atoms with Crippen molar-refractivity contribution < 1.29 is 25.2 Å². The van der Waals surface area contributed by atoms with Crippen LogP contribution in [0.15, 0.2) is 0 Å². The molecule has 1 unspecified atom stereocenters. The van der Waals surface area contributed by atoms with Crippen LogP contribution in [0, 0.1) is 0 Å². The zero-order chi connectivity index (χ0) is 9.30. The highest BCUT2D eigenvalue weighted by atomic mass is 16.6. The Bertz CT molecular complexity index is 150. The fraction of sp³-hybridized carbons (Fsp3) is 1.00. The maximum Gasteiger partial charge on any atom is 0.173 e. The van der Waals surface area contributed by atoms with Gasteiger partial charge in [-0.25, -0.2) is 0 Å². The Morgan fingerprint density at radius 2 is 1.75 bits per heavy atom. The van der Waals surface area contributed by atoms with E-state index in [-0.39, 0.29) is 0 Å². The summed E-state index contributed by atoms with van der Waals surface area (Å²) in [6.45, 7) is -0.470. The van der Waals surface area contributed by atoms with Gasteiger partial charge in [0.15, 0.2) is 6.29 Å². The molecule has 6 heteroatoms. The summed E-state index contributed by atoms with van der Waals surface area (Å²) in [5.74, 6) is 0. The molecule has 1 saturated heterocycles. The number of aliphatic hydroxyl groups excluding tert-OH is 4. The topological polar surface area (TPSA) is 116 Å². The van der Waals surface area contributed by atoms with Gasteiger partial charge in [-0.1, -0.05) is 0 Å². The lowest BCUT2D eigenvalue weighted by Gasteiger charge is -2.38. The van der Waals surface area contributed by atoms with E-state index in [0.29, 0.717) is 0 Å². The van der Waals surface area contributed by atoms with E-state index >= 15 is 0 Å². The van der Waals surface area contributed by atoms with Gasteiger partial charge in [-0.05, 0) is 0 Å². The van der Waals surface area contributed by atoms with Crippen LogP contribution in [0.4, 0.5) is 0 Å². The first kappa shape index (κ1) is 9.85. The highest BCUT2D eigenvalue weighted by Crippen LogP contribution is 2.17. The lowest BCUT2D eigenvalue weighted by Crippen LogP contribution is -2.61. The molecule has 1 aliphatic heterocycles. The Balaban J connectivity index is 2.63. The maximum absolute atomic E-state index is 9.20. The molecule has 1 aliphatic rings. The largest absolute Gasteiger partial charge is 0.394 e. The van der Waals surface area contributed by atoms with E-state index in [9.17, 15) is 10.2 Å². The standard InChI is InChI=1S/C6H13NO5/c7-3-5(10)4(9)2(1-8)12-6(3)11/h2-6,8-11H,1,7H2/t2-,3?,4-,5+,6+/m1/s1. The van der Waals surface area contributed by atoms with E-state index in [2.05, 4.69) is 0 Å². The minimum atomic E-state index is -1.35. The molecule has 0 aromatic heterocycles. The van der Waals surface area contributed by atoms with Crippen LogP contribution in [0.3, 0.4) is 0 Å². The smallest absolute Gasteiger partial charge is 0.173 e. The quantitative estimate of drug-likeness (QED) is 0.288. The van der Waals surface area contributed by atoms with Gasteiger partial charge in [-0.3, -0.25) is 0 Å². The first-order valence-electron chi connectivity index (χ1n) is 3.64. The highest BCUT2D eigenvalue weighted by molar-refractivity contribution is 4.90. The fourth-order valence-corrected chi connectivity index (χ4v) is 1.12. The van der Waals surface area contributed by atoms with Gasteiger partial charge in [0.25, 0.3) is 0 Å². The predicted molar refractivity (Wildman–Crippen MR) is 38.0 cm³/mol. The molecular formula is C6H13NO5. The van der Waals surface area contributed by atoms with Crippen LogP contribution in [0.25, 0.3) is 0 Å². The summed E-state index contributed by atoms with van der Waals surface area (Å²) in [6.07, 6.45) is -4.85. The van der Waals surface area contributed by atoms with E-state index in [1.165, 1.54) is 0 Å². The molecule has 72 valence electrons. The SMILES string of the molecule is NC1[C@@H](O)O[C@H](CO)[C@@H](O)[C@H]1O. The van der Waals surface area contributed by atoms with E-state index < -0.39 is 37.3 Å². The summed E-state index contributed by atoms with van der Waals surface area (Å²) in [4.78, 5) is 0. The Kier molecular flexibility index (Phi) is 2.99. The molecule has 1 fully saturated rings. The van der Waals surface area contributed by atoms with Crippen molar-refractivity contribution in [3.05, 3.63) is 0 Å². The monoisotopic (exact) mass is 179 g/mol. The van der Waals surface area contributed by atoms with E-state index in [0.717, 1.165) is 0 Å². The summed E-state index contributed by atoms with van der Waals surface area (Å²) in [7, 11) is 0. The van der Waals surface area contributed by atoms with Crippen molar-refractivity contribution in [2.24, 2.45) is 5.73 Å². The number of rotatable bonds is 1. The molecule has 0 aliphatic carbocycles. The molecule has 6 nitrogen and oxygen atoms in total. The van der Waals surface area contributed by atoms with Crippen molar-refractivity contribution >= 4 is 0 Å². The van der Waals surface area contributed by atoms with Crippen molar-refractivity contribution in [1.82, 2.24) is 0 Å². The van der Waals surface area contributed by atoms with Crippen LogP contribution in [0.5, 0.6) is 0 Å². The Morgan fingerprint density at radius 3 is 2.25 bits per heavy atom. The fourth-order valence-electron chi connectivity index (χ4n) is 1.12. The van der Waals surface area contributed by atoms with Gasteiger partial charge in [0.05, 0.1) is 12.6 Å². The van der Waals surface area contributed by atoms with E-state index in [1.54, 1.807) is 0 Å². The van der Waals surface area contributed by atoms with Crippen LogP contribution in [-0.4, -0.2) is 57.7 Å². The second-order valence-corrected chi connectivity index (χ2v) is 2.81. The first-order valence-corrected chi connectivity index (χ1v) is 3.64. The third-order valence-corrected chi connectivity index (χ3v) is 1.95. The highest BCUT2D eigenvalue weighted by Gasteiger charge is 2.41. The van der Waals surface area contributed by atoms with Gasteiger partial charge in [0.1, 0.15) is 18.3 Å². The number of hydrogen-bond acceptors (Lipinski definition) is 6. The number of aliphatic hydroxyl groups is 4. The number of ether oxygens (including phenoxy) is 1. The lowest BCUT2D eigenvalue weighted by atomic mass is 9.98. The van der Waals surface area contributed by atoms with Gasteiger partial charge < -0.3 is 30.9 Å². The average Bonchev–Trinajstić information content (AvgIpc) is 2.08. The molecule has 1 rings (SSSR count). The van der Waals surface area contributed by atoms with Crippen LogP contribution in [-0.2, 0) is 4.74 Å². The van der Waals surface area contributed by atoms with Crippen molar-refractivity contribution in [2.45, 2.75) is 30.6 Å². The third kappa shape index (κ3) is 1.58. The summed E-state index contributed by atoms with van der Waals surface area (Å²) in [6, 6.07) is -1.04. The van der Waals surface area contributed by atoms with Crippen LogP contribution in [0.2, 0.25) is 0 Å². The zero-order valence-corrected chi connectivity index (χ0v) is 6.37. The zero-order valence-electron chi connectivity index (χ0n) is 6.37. The molecule has 6 N–H and O–H groups in total. The van der Waals surface area contributed by atoms with Gasteiger partial charge >= 0.3 is 0 Å². The van der Waals surface area contributed by atoms with Crippen molar-refractivity contribution in [1.29, 1.82) is 0 Å². The van der Waals surface area contributed by atoms with Crippen molar-refractivity contribution in [3.63, 3.8) is 0 Å². The summed E-state index contributed by atoms with van der Waals surface area (Å²) >= 11 is 0. The maximum atomic E-state index is 9.20. The molecule has 0 saturated carbocycles. The Labute approximate surface area is 69.2 Å². The summed E-state index contributed by atoms with van der Waals surface area (Å²) < 4.78 is 4.70. The molecule has 1 heterocycles. The normalized spacial score (nSPS) is 49.2. The second kappa shape index (κ2) is 3.65. The minimum Gasteiger partial charge on any atom is -0.394 e. The Morgan fingerprint density at radius 1 is 1.17 bits per heavy atom. The Hall–Kier alpha value is -0.240. The molecule has 0 aromatic rings. The van der Waals surface area contributed by atoms with Crippen molar-refractivity contribution in [3.8, 4) is 0 Å².